The zero-order valence-electron chi connectivity index (χ0n) is 11.3. The van der Waals surface area contributed by atoms with E-state index in [1.54, 1.807) is 12.4 Å². The Kier molecular flexibility index (Phi) is 5.94. The van der Waals surface area contributed by atoms with Gasteiger partial charge in [0, 0.05) is 30.5 Å². The summed E-state index contributed by atoms with van der Waals surface area (Å²) >= 11 is 0. The van der Waals surface area contributed by atoms with E-state index < -0.39 is 6.43 Å². The molecule has 0 saturated heterocycles. The Bertz CT molecular complexity index is 523. The normalized spacial score (nSPS) is 10.9. The Balaban J connectivity index is 0.00000200. The second-order valence-electron chi connectivity index (χ2n) is 4.62. The van der Waals surface area contributed by atoms with Crippen LogP contribution in [0.4, 0.5) is 14.5 Å². The van der Waals surface area contributed by atoms with Crippen LogP contribution in [0.2, 0.25) is 0 Å². The monoisotopic (exact) mass is 305 g/mol. The highest BCUT2D eigenvalue weighted by Gasteiger charge is 2.06. The lowest BCUT2D eigenvalue weighted by Gasteiger charge is -2.03. The number of hydrogen-bond acceptors (Lipinski definition) is 3. The minimum Gasteiger partial charge on any atom is -0.378 e. The summed E-state index contributed by atoms with van der Waals surface area (Å²) in [6, 6.07) is 0.322. The van der Waals surface area contributed by atoms with Crippen molar-refractivity contribution >= 4 is 18.1 Å². The molecule has 2 aromatic heterocycles. The van der Waals surface area contributed by atoms with Gasteiger partial charge in [0.1, 0.15) is 6.54 Å². The molecule has 0 aliphatic carbocycles. The van der Waals surface area contributed by atoms with Crippen LogP contribution in [0.15, 0.2) is 24.8 Å². The number of alkyl halides is 2. The standard InChI is InChI=1S/C12H17F2N5.ClH/c1-9(2)19-6-10(4-17-19)3-15-11-5-16-18(7-11)8-12(13)14;/h4-7,9,12,15H,3,8H2,1-2H3;1H. The summed E-state index contributed by atoms with van der Waals surface area (Å²) in [6.07, 6.45) is 4.46. The lowest BCUT2D eigenvalue weighted by Crippen LogP contribution is -2.06. The van der Waals surface area contributed by atoms with Gasteiger partial charge in [0.25, 0.3) is 6.43 Å². The van der Waals surface area contributed by atoms with Crippen LogP contribution in [0, 0.1) is 0 Å². The number of rotatable bonds is 6. The van der Waals surface area contributed by atoms with Gasteiger partial charge in [-0.2, -0.15) is 10.2 Å². The lowest BCUT2D eigenvalue weighted by molar-refractivity contribution is 0.122. The number of nitrogens with one attached hydrogen (secondary N) is 1. The number of halogens is 3. The Hall–Kier alpha value is -1.63. The van der Waals surface area contributed by atoms with E-state index in [2.05, 4.69) is 29.4 Å². The molecule has 112 valence electrons. The Morgan fingerprint density at radius 3 is 2.55 bits per heavy atom. The smallest absolute Gasteiger partial charge is 0.257 e. The van der Waals surface area contributed by atoms with Crippen LogP contribution in [-0.4, -0.2) is 26.0 Å². The van der Waals surface area contributed by atoms with Gasteiger partial charge in [0.15, 0.2) is 0 Å². The molecule has 0 unspecified atom stereocenters. The Morgan fingerprint density at radius 1 is 1.20 bits per heavy atom. The van der Waals surface area contributed by atoms with Crippen LogP contribution in [0.3, 0.4) is 0 Å². The summed E-state index contributed by atoms with van der Waals surface area (Å²) in [5, 5.41) is 11.2. The molecular formula is C12H18ClF2N5. The maximum Gasteiger partial charge on any atom is 0.257 e. The molecule has 1 N–H and O–H groups in total. The molecule has 0 amide bonds. The van der Waals surface area contributed by atoms with Crippen molar-refractivity contribution in [3.8, 4) is 0 Å². The van der Waals surface area contributed by atoms with Crippen molar-refractivity contribution in [1.82, 2.24) is 19.6 Å². The molecule has 20 heavy (non-hydrogen) atoms. The summed E-state index contributed by atoms with van der Waals surface area (Å²) in [7, 11) is 0. The van der Waals surface area contributed by atoms with E-state index in [0.717, 1.165) is 11.3 Å². The topological polar surface area (TPSA) is 47.7 Å². The molecule has 0 radical (unpaired) electrons. The lowest BCUT2D eigenvalue weighted by atomic mass is 10.3. The first-order chi connectivity index (χ1) is 9.04. The van der Waals surface area contributed by atoms with Gasteiger partial charge in [-0.1, -0.05) is 0 Å². The van der Waals surface area contributed by atoms with E-state index in [0.29, 0.717) is 12.6 Å². The van der Waals surface area contributed by atoms with Crippen molar-refractivity contribution < 1.29 is 8.78 Å². The van der Waals surface area contributed by atoms with Crippen LogP contribution in [0.1, 0.15) is 25.5 Å². The van der Waals surface area contributed by atoms with E-state index in [-0.39, 0.29) is 19.0 Å². The zero-order valence-corrected chi connectivity index (χ0v) is 12.1. The number of nitrogens with zero attached hydrogens (tertiary/aromatic N) is 4. The first-order valence-electron chi connectivity index (χ1n) is 6.12. The molecule has 2 heterocycles. The largest absolute Gasteiger partial charge is 0.378 e. The zero-order chi connectivity index (χ0) is 13.8. The molecule has 0 atom stereocenters. The Morgan fingerprint density at radius 2 is 1.95 bits per heavy atom. The van der Waals surface area contributed by atoms with Crippen LogP contribution in [-0.2, 0) is 13.1 Å². The van der Waals surface area contributed by atoms with Gasteiger partial charge in [0.05, 0.1) is 18.1 Å². The molecule has 0 aliphatic heterocycles. The fourth-order valence-electron chi connectivity index (χ4n) is 1.65. The molecule has 0 aromatic carbocycles. The van der Waals surface area contributed by atoms with Gasteiger partial charge < -0.3 is 5.32 Å². The maximum atomic E-state index is 12.2. The minimum atomic E-state index is -2.39. The molecule has 8 heteroatoms. The maximum absolute atomic E-state index is 12.2. The summed E-state index contributed by atoms with van der Waals surface area (Å²) in [5.74, 6) is 0. The average Bonchev–Trinajstić information content (AvgIpc) is 2.94. The molecule has 0 bridgehead atoms. The van der Waals surface area contributed by atoms with E-state index in [1.807, 2.05) is 10.9 Å². The SMILES string of the molecule is CC(C)n1cc(CNc2cnn(CC(F)F)c2)cn1.Cl. The highest BCUT2D eigenvalue weighted by molar-refractivity contribution is 5.85. The van der Waals surface area contributed by atoms with Crippen molar-refractivity contribution in [2.24, 2.45) is 0 Å². The molecule has 0 aliphatic rings. The third kappa shape index (κ3) is 4.48. The molecular weight excluding hydrogens is 288 g/mol. The second kappa shape index (κ2) is 7.23. The Labute approximate surface area is 122 Å². The molecule has 2 rings (SSSR count). The van der Waals surface area contributed by atoms with Gasteiger partial charge in [-0.25, -0.2) is 8.78 Å². The molecule has 0 saturated carbocycles. The number of aromatic nitrogens is 4. The third-order valence-electron chi connectivity index (χ3n) is 2.64. The summed E-state index contributed by atoms with van der Waals surface area (Å²) in [6.45, 7) is 4.32. The first-order valence-corrected chi connectivity index (χ1v) is 6.12. The van der Waals surface area contributed by atoms with Gasteiger partial charge in [-0.3, -0.25) is 9.36 Å². The van der Waals surface area contributed by atoms with E-state index in [9.17, 15) is 8.78 Å². The van der Waals surface area contributed by atoms with Gasteiger partial charge >= 0.3 is 0 Å². The van der Waals surface area contributed by atoms with E-state index in [4.69, 9.17) is 0 Å². The van der Waals surface area contributed by atoms with Gasteiger partial charge in [-0.15, -0.1) is 12.4 Å². The first kappa shape index (κ1) is 16.4. The van der Waals surface area contributed by atoms with Crippen LogP contribution in [0.5, 0.6) is 0 Å². The van der Waals surface area contributed by atoms with Gasteiger partial charge in [-0.05, 0) is 13.8 Å². The molecule has 5 nitrogen and oxygen atoms in total. The third-order valence-corrected chi connectivity index (χ3v) is 2.64. The summed E-state index contributed by atoms with van der Waals surface area (Å²) in [5.41, 5.74) is 1.76. The average molecular weight is 306 g/mol. The predicted octanol–water partition coefficient (Wildman–Crippen LogP) is 2.96. The highest BCUT2D eigenvalue weighted by Crippen LogP contribution is 2.10. The molecule has 2 aromatic rings. The van der Waals surface area contributed by atoms with Crippen molar-refractivity contribution in [1.29, 1.82) is 0 Å². The summed E-state index contributed by atoms with van der Waals surface area (Å²) < 4.78 is 27.4. The molecule has 0 spiro atoms. The van der Waals surface area contributed by atoms with Crippen LogP contribution >= 0.6 is 12.4 Å². The van der Waals surface area contributed by atoms with E-state index in [1.165, 1.54) is 10.9 Å². The van der Waals surface area contributed by atoms with Crippen molar-refractivity contribution in [2.75, 3.05) is 5.32 Å². The minimum absolute atomic E-state index is 0. The van der Waals surface area contributed by atoms with Crippen molar-refractivity contribution in [2.45, 2.75) is 39.4 Å². The van der Waals surface area contributed by atoms with Crippen molar-refractivity contribution in [3.05, 3.63) is 30.4 Å². The fourth-order valence-corrected chi connectivity index (χ4v) is 1.65. The number of hydrogen-bond donors (Lipinski definition) is 1. The fraction of sp³-hybridized carbons (Fsp3) is 0.500. The van der Waals surface area contributed by atoms with Crippen LogP contribution < -0.4 is 5.32 Å². The second-order valence-corrected chi connectivity index (χ2v) is 4.62. The number of anilines is 1. The predicted molar refractivity (Wildman–Crippen MR) is 75.4 cm³/mol. The van der Waals surface area contributed by atoms with Crippen LogP contribution in [0.25, 0.3) is 0 Å². The quantitative estimate of drug-likeness (QED) is 0.892. The van der Waals surface area contributed by atoms with Gasteiger partial charge in [0.2, 0.25) is 0 Å². The molecule has 0 fully saturated rings. The highest BCUT2D eigenvalue weighted by atomic mass is 35.5. The summed E-state index contributed by atoms with van der Waals surface area (Å²) in [4.78, 5) is 0. The van der Waals surface area contributed by atoms with E-state index >= 15 is 0 Å². The van der Waals surface area contributed by atoms with Crippen molar-refractivity contribution in [3.63, 3.8) is 0 Å².